The van der Waals surface area contributed by atoms with Gasteiger partial charge in [-0.15, -0.1) is 0 Å². The first-order valence-electron chi connectivity index (χ1n) is 10.1. The van der Waals surface area contributed by atoms with Crippen LogP contribution < -0.4 is 11.1 Å². The zero-order chi connectivity index (χ0) is 21.7. The number of nitrogen functional groups attached to an aromatic ring is 1. The van der Waals surface area contributed by atoms with Crippen LogP contribution in [0.25, 0.3) is 0 Å². The molecule has 5 nitrogen and oxygen atoms in total. The molecular weight excluding hydrogens is 372 g/mol. The Balaban J connectivity index is 1.86. The van der Waals surface area contributed by atoms with Crippen LogP contribution in [0.1, 0.15) is 59.1 Å². The first-order valence-corrected chi connectivity index (χ1v) is 10.1. The van der Waals surface area contributed by atoms with E-state index >= 15 is 0 Å². The minimum Gasteiger partial charge on any atom is -0.398 e. The van der Waals surface area contributed by atoms with Crippen LogP contribution in [0, 0.1) is 18.3 Å². The number of hydrogen-bond donors (Lipinski definition) is 3. The maximum atomic E-state index is 13.0. The summed E-state index contributed by atoms with van der Waals surface area (Å²) in [5.74, 6) is 0.193. The molecule has 1 amide bonds. The minimum atomic E-state index is -0.204. The summed E-state index contributed by atoms with van der Waals surface area (Å²) in [6.45, 7) is 6.24. The van der Waals surface area contributed by atoms with Gasteiger partial charge in [0.1, 0.15) is 0 Å². The highest BCUT2D eigenvalue weighted by atomic mass is 16.1. The number of benzene rings is 2. The van der Waals surface area contributed by atoms with Gasteiger partial charge in [-0.05, 0) is 49.6 Å². The summed E-state index contributed by atoms with van der Waals surface area (Å²) >= 11 is 0. The van der Waals surface area contributed by atoms with Crippen LogP contribution in [0.4, 0.5) is 5.69 Å². The minimum absolute atomic E-state index is 0.184. The average molecular weight is 401 g/mol. The topological polar surface area (TPSA) is 91.9 Å². The van der Waals surface area contributed by atoms with Crippen LogP contribution in [-0.4, -0.2) is 16.6 Å². The number of rotatable bonds is 7. The third-order valence-corrected chi connectivity index (χ3v) is 4.98. The number of aromatic nitrogens is 1. The van der Waals surface area contributed by atoms with Crippen LogP contribution in [0.5, 0.6) is 0 Å². The van der Waals surface area contributed by atoms with Gasteiger partial charge in [0, 0.05) is 28.6 Å². The fourth-order valence-electron chi connectivity index (χ4n) is 3.34. The number of aryl methyl sites for hydroxylation is 1. The molecule has 30 heavy (non-hydrogen) atoms. The fraction of sp³-hybridized carbons (Fsp3) is 0.240. The molecular formula is C25H28N4O. The molecule has 0 saturated heterocycles. The van der Waals surface area contributed by atoms with Gasteiger partial charge in [0.2, 0.25) is 0 Å². The Morgan fingerprint density at radius 1 is 1.07 bits per heavy atom. The Labute approximate surface area is 177 Å². The van der Waals surface area contributed by atoms with Crippen molar-refractivity contribution in [2.24, 2.45) is 5.92 Å². The molecule has 2 aromatic carbocycles. The molecule has 1 atom stereocenters. The van der Waals surface area contributed by atoms with E-state index in [1.807, 2.05) is 49.4 Å². The molecule has 5 heteroatoms. The third kappa shape index (κ3) is 5.11. The zero-order valence-corrected chi connectivity index (χ0v) is 17.6. The van der Waals surface area contributed by atoms with Crippen molar-refractivity contribution >= 4 is 17.3 Å². The number of nitrogens with two attached hydrogens (primary N) is 1. The lowest BCUT2D eigenvalue weighted by atomic mass is 9.97. The van der Waals surface area contributed by atoms with Crippen molar-refractivity contribution in [3.63, 3.8) is 0 Å². The van der Waals surface area contributed by atoms with E-state index in [1.54, 1.807) is 24.4 Å². The lowest BCUT2D eigenvalue weighted by Crippen LogP contribution is -2.30. The maximum Gasteiger partial charge on any atom is 0.251 e. The molecule has 0 radical (unpaired) electrons. The van der Waals surface area contributed by atoms with Crippen molar-refractivity contribution in [1.82, 2.24) is 10.3 Å². The van der Waals surface area contributed by atoms with Gasteiger partial charge in [0.15, 0.2) is 0 Å². The lowest BCUT2D eigenvalue weighted by molar-refractivity contribution is 0.0931. The Hall–Kier alpha value is -3.47. The second kappa shape index (κ2) is 9.35. The van der Waals surface area contributed by atoms with E-state index in [0.29, 0.717) is 28.4 Å². The Bertz CT molecular complexity index is 1030. The Kier molecular flexibility index (Phi) is 6.62. The molecule has 4 N–H and O–H groups in total. The van der Waals surface area contributed by atoms with Gasteiger partial charge < -0.3 is 11.1 Å². The molecule has 0 aliphatic carbocycles. The monoisotopic (exact) mass is 400 g/mol. The predicted octanol–water partition coefficient (Wildman–Crippen LogP) is 4.91. The highest BCUT2D eigenvalue weighted by Crippen LogP contribution is 2.22. The van der Waals surface area contributed by atoms with Crippen molar-refractivity contribution < 1.29 is 4.79 Å². The van der Waals surface area contributed by atoms with Crippen LogP contribution in [-0.2, 0) is 0 Å². The van der Waals surface area contributed by atoms with Gasteiger partial charge in [-0.2, -0.15) is 0 Å². The summed E-state index contributed by atoms with van der Waals surface area (Å²) in [6.07, 6.45) is 2.52. The van der Waals surface area contributed by atoms with Crippen LogP contribution in [0.15, 0.2) is 66.9 Å². The number of hydrogen-bond acceptors (Lipinski definition) is 4. The highest BCUT2D eigenvalue weighted by molar-refractivity contribution is 6.14. The van der Waals surface area contributed by atoms with E-state index in [1.165, 1.54) is 0 Å². The largest absolute Gasteiger partial charge is 0.398 e. The first kappa shape index (κ1) is 21.2. The molecule has 3 rings (SSSR count). The molecule has 0 fully saturated rings. The average Bonchev–Trinajstić information content (AvgIpc) is 2.74. The number of nitrogens with one attached hydrogen (secondary N) is 2. The van der Waals surface area contributed by atoms with Gasteiger partial charge in [-0.3, -0.25) is 15.2 Å². The summed E-state index contributed by atoms with van der Waals surface area (Å²) in [5.41, 5.74) is 10.6. The summed E-state index contributed by atoms with van der Waals surface area (Å²) in [6, 6.07) is 18.3. The second-order valence-electron chi connectivity index (χ2n) is 7.95. The molecule has 1 heterocycles. The Morgan fingerprint density at radius 2 is 1.77 bits per heavy atom. The number of carbonyl (C=O) groups excluding carboxylic acids is 1. The normalized spacial score (nSPS) is 11.9. The van der Waals surface area contributed by atoms with Crippen LogP contribution >= 0.6 is 0 Å². The molecule has 0 saturated carbocycles. The third-order valence-electron chi connectivity index (χ3n) is 4.98. The summed E-state index contributed by atoms with van der Waals surface area (Å²) < 4.78 is 0. The molecule has 154 valence electrons. The fourth-order valence-corrected chi connectivity index (χ4v) is 3.34. The SMILES string of the molecule is Cc1ccc(C(=N)c2cc(C(=O)NC(CC(C)C)c3ccccn3)ccc2N)cc1. The molecule has 1 aromatic heterocycles. The van der Waals surface area contributed by atoms with E-state index in [4.69, 9.17) is 11.1 Å². The van der Waals surface area contributed by atoms with Gasteiger partial charge >= 0.3 is 0 Å². The summed E-state index contributed by atoms with van der Waals surface area (Å²) in [4.78, 5) is 17.4. The van der Waals surface area contributed by atoms with Crippen molar-refractivity contribution in [3.8, 4) is 0 Å². The van der Waals surface area contributed by atoms with E-state index in [2.05, 4.69) is 24.1 Å². The maximum absolute atomic E-state index is 13.0. The first-order chi connectivity index (χ1) is 14.3. The standard InChI is InChI=1S/C25H28N4O/c1-16(2)14-23(22-6-4-5-13-28-22)29-25(30)19-11-12-21(26)20(15-19)24(27)18-9-7-17(3)8-10-18/h4-13,15-16,23,27H,14,26H2,1-3H3,(H,29,30). The number of carbonyl (C=O) groups is 1. The van der Waals surface area contributed by atoms with Crippen molar-refractivity contribution in [2.45, 2.75) is 33.2 Å². The zero-order valence-electron chi connectivity index (χ0n) is 17.6. The molecule has 0 aliphatic rings. The quantitative estimate of drug-likeness (QED) is 0.389. The van der Waals surface area contributed by atoms with Gasteiger partial charge in [0.05, 0.1) is 17.4 Å². The molecule has 3 aromatic rings. The van der Waals surface area contributed by atoms with Crippen LogP contribution in [0.3, 0.4) is 0 Å². The van der Waals surface area contributed by atoms with Crippen LogP contribution in [0.2, 0.25) is 0 Å². The number of anilines is 1. The van der Waals surface area contributed by atoms with Gasteiger partial charge in [0.25, 0.3) is 5.91 Å². The summed E-state index contributed by atoms with van der Waals surface area (Å²) in [5, 5.41) is 11.7. The molecule has 1 unspecified atom stereocenters. The highest BCUT2D eigenvalue weighted by Gasteiger charge is 2.19. The van der Waals surface area contributed by atoms with E-state index < -0.39 is 0 Å². The van der Waals surface area contributed by atoms with Crippen molar-refractivity contribution in [3.05, 3.63) is 94.8 Å². The molecule has 0 aliphatic heterocycles. The molecule has 0 spiro atoms. The second-order valence-corrected chi connectivity index (χ2v) is 7.95. The summed E-state index contributed by atoms with van der Waals surface area (Å²) in [7, 11) is 0. The number of amides is 1. The van der Waals surface area contributed by atoms with Crippen molar-refractivity contribution in [1.29, 1.82) is 5.41 Å². The smallest absolute Gasteiger partial charge is 0.251 e. The molecule has 0 bridgehead atoms. The lowest BCUT2D eigenvalue weighted by Gasteiger charge is -2.20. The number of pyridine rings is 1. The predicted molar refractivity (Wildman–Crippen MR) is 122 cm³/mol. The van der Waals surface area contributed by atoms with Crippen molar-refractivity contribution in [2.75, 3.05) is 5.73 Å². The van der Waals surface area contributed by atoms with E-state index in [9.17, 15) is 4.79 Å². The Morgan fingerprint density at radius 3 is 2.40 bits per heavy atom. The number of nitrogens with zero attached hydrogens (tertiary/aromatic N) is 1. The van der Waals surface area contributed by atoms with E-state index in [-0.39, 0.29) is 11.9 Å². The van der Waals surface area contributed by atoms with Gasteiger partial charge in [-0.25, -0.2) is 0 Å². The van der Waals surface area contributed by atoms with Gasteiger partial charge in [-0.1, -0.05) is 49.7 Å². The van der Waals surface area contributed by atoms with E-state index in [0.717, 1.165) is 23.2 Å².